The molecular weight excluding hydrogens is 474 g/mol. The number of amides is 2. The van der Waals surface area contributed by atoms with Crippen molar-refractivity contribution in [1.82, 2.24) is 34.3 Å². The number of hydrogen-bond donors (Lipinski definition) is 0. The minimum atomic E-state index is -0.551. The summed E-state index contributed by atoms with van der Waals surface area (Å²) in [4.78, 5) is 33.6. The highest BCUT2D eigenvalue weighted by Gasteiger charge is 2.29. The molecule has 1 aromatic carbocycles. The molecule has 0 spiro atoms. The highest BCUT2D eigenvalue weighted by atomic mass is 16.6. The summed E-state index contributed by atoms with van der Waals surface area (Å²) in [5.41, 5.74) is 2.58. The van der Waals surface area contributed by atoms with Gasteiger partial charge in [0, 0.05) is 55.5 Å². The van der Waals surface area contributed by atoms with Crippen LogP contribution < -0.4 is 4.74 Å². The third-order valence-electron chi connectivity index (χ3n) is 6.37. The molecule has 5 rings (SSSR count). The summed E-state index contributed by atoms with van der Waals surface area (Å²) < 4.78 is 15.0. The van der Waals surface area contributed by atoms with Crippen LogP contribution in [0.4, 0.5) is 4.79 Å². The molecule has 196 valence electrons. The van der Waals surface area contributed by atoms with E-state index in [2.05, 4.69) is 10.1 Å². The fourth-order valence-corrected chi connectivity index (χ4v) is 4.54. The number of aromatic nitrogens is 5. The molecule has 0 radical (unpaired) electrons. The first-order chi connectivity index (χ1) is 17.6. The van der Waals surface area contributed by atoms with E-state index in [4.69, 9.17) is 14.6 Å². The Balaban J connectivity index is 1.37. The van der Waals surface area contributed by atoms with Crippen molar-refractivity contribution in [3.05, 3.63) is 41.9 Å². The van der Waals surface area contributed by atoms with Crippen LogP contribution in [0.15, 0.2) is 30.7 Å². The lowest BCUT2D eigenvalue weighted by Gasteiger charge is -2.35. The maximum Gasteiger partial charge on any atom is 0.410 e. The lowest BCUT2D eigenvalue weighted by molar-refractivity contribution is 0.0141. The molecule has 2 aliphatic heterocycles. The fourth-order valence-electron chi connectivity index (χ4n) is 4.54. The van der Waals surface area contributed by atoms with Gasteiger partial charge in [-0.05, 0) is 52.8 Å². The van der Waals surface area contributed by atoms with Gasteiger partial charge in [-0.25, -0.2) is 14.2 Å². The Morgan fingerprint density at radius 1 is 1.08 bits per heavy atom. The van der Waals surface area contributed by atoms with Gasteiger partial charge in [0.05, 0.1) is 18.3 Å². The molecule has 1 saturated heterocycles. The van der Waals surface area contributed by atoms with Crippen LogP contribution in [0, 0.1) is 0 Å². The number of benzene rings is 1. The SMILES string of the molecule is CC(C)n1ncnc1-n1cc2c(n1)-c1cc(C(=O)N3CCN(C(=O)OC(C)(C)C)CC3)ccc1OCC2. The lowest BCUT2D eigenvalue weighted by atomic mass is 10.0. The highest BCUT2D eigenvalue weighted by Crippen LogP contribution is 2.36. The number of carbonyl (C=O) groups excluding carboxylic acids is 2. The van der Waals surface area contributed by atoms with E-state index in [0.29, 0.717) is 56.5 Å². The molecule has 0 N–H and O–H groups in total. The van der Waals surface area contributed by atoms with E-state index in [-0.39, 0.29) is 18.0 Å². The van der Waals surface area contributed by atoms with E-state index in [1.165, 1.54) is 6.33 Å². The molecule has 2 amide bonds. The van der Waals surface area contributed by atoms with Crippen LogP contribution in [0.3, 0.4) is 0 Å². The second-order valence-electron chi connectivity index (χ2n) is 10.6. The molecule has 0 aliphatic carbocycles. The minimum Gasteiger partial charge on any atom is -0.493 e. The molecule has 11 nitrogen and oxygen atoms in total. The van der Waals surface area contributed by atoms with Crippen molar-refractivity contribution < 1.29 is 19.1 Å². The molecule has 4 heterocycles. The summed E-state index contributed by atoms with van der Waals surface area (Å²) in [6.07, 6.45) is 3.83. The first-order valence-electron chi connectivity index (χ1n) is 12.6. The van der Waals surface area contributed by atoms with Crippen LogP contribution in [0.1, 0.15) is 56.6 Å². The zero-order valence-electron chi connectivity index (χ0n) is 22.0. The van der Waals surface area contributed by atoms with E-state index in [0.717, 1.165) is 16.8 Å². The predicted molar refractivity (Wildman–Crippen MR) is 136 cm³/mol. The number of ether oxygens (including phenoxy) is 2. The number of piperazine rings is 1. The molecule has 1 fully saturated rings. The Bertz CT molecular complexity index is 1310. The molecular formula is C26H33N7O4. The number of carbonyl (C=O) groups is 2. The van der Waals surface area contributed by atoms with Crippen LogP contribution in [-0.2, 0) is 11.2 Å². The first kappa shape index (κ1) is 24.8. The molecule has 3 aromatic rings. The first-order valence-corrected chi connectivity index (χ1v) is 12.6. The summed E-state index contributed by atoms with van der Waals surface area (Å²) in [7, 11) is 0. The monoisotopic (exact) mass is 507 g/mol. The van der Waals surface area contributed by atoms with E-state index in [1.807, 2.05) is 57.6 Å². The van der Waals surface area contributed by atoms with Gasteiger partial charge in [-0.1, -0.05) is 0 Å². The van der Waals surface area contributed by atoms with E-state index in [1.54, 1.807) is 20.5 Å². The Morgan fingerprint density at radius 3 is 2.51 bits per heavy atom. The van der Waals surface area contributed by atoms with Gasteiger partial charge in [-0.3, -0.25) is 4.79 Å². The Kier molecular flexibility index (Phi) is 6.38. The maximum atomic E-state index is 13.4. The summed E-state index contributed by atoms with van der Waals surface area (Å²) in [6, 6.07) is 5.62. The summed E-state index contributed by atoms with van der Waals surface area (Å²) >= 11 is 0. The third-order valence-corrected chi connectivity index (χ3v) is 6.37. The molecule has 37 heavy (non-hydrogen) atoms. The average molecular weight is 508 g/mol. The molecule has 2 aliphatic rings. The van der Waals surface area contributed by atoms with Crippen molar-refractivity contribution in [3.63, 3.8) is 0 Å². The Hall–Kier alpha value is -3.89. The van der Waals surface area contributed by atoms with Gasteiger partial charge in [-0.2, -0.15) is 15.2 Å². The zero-order valence-corrected chi connectivity index (χ0v) is 22.0. The second-order valence-corrected chi connectivity index (χ2v) is 10.6. The van der Waals surface area contributed by atoms with E-state index >= 15 is 0 Å². The highest BCUT2D eigenvalue weighted by molar-refractivity contribution is 5.96. The summed E-state index contributed by atoms with van der Waals surface area (Å²) in [5, 5.41) is 9.16. The van der Waals surface area contributed by atoms with Crippen molar-refractivity contribution in [2.45, 2.75) is 52.7 Å². The van der Waals surface area contributed by atoms with E-state index in [9.17, 15) is 9.59 Å². The van der Waals surface area contributed by atoms with Crippen molar-refractivity contribution in [3.8, 4) is 23.0 Å². The van der Waals surface area contributed by atoms with Crippen molar-refractivity contribution in [2.24, 2.45) is 0 Å². The third kappa shape index (κ3) is 5.03. The average Bonchev–Trinajstić information content (AvgIpc) is 3.47. The largest absolute Gasteiger partial charge is 0.493 e. The standard InChI is InChI=1S/C26H33N7O4/c1-17(2)33-24(27-16-28-33)32-15-19-8-13-36-21-7-6-18(14-20(21)22(19)29-32)23(34)30-9-11-31(12-10-30)25(35)37-26(3,4)5/h6-7,14-17H,8-13H2,1-5H3. The Labute approximate surface area is 216 Å². The predicted octanol–water partition coefficient (Wildman–Crippen LogP) is 3.34. The van der Waals surface area contributed by atoms with Crippen LogP contribution in [0.2, 0.25) is 0 Å². The molecule has 0 saturated carbocycles. The minimum absolute atomic E-state index is 0.0866. The zero-order chi connectivity index (χ0) is 26.3. The summed E-state index contributed by atoms with van der Waals surface area (Å²) in [5.74, 6) is 1.25. The van der Waals surface area contributed by atoms with Crippen LogP contribution in [-0.4, -0.2) is 84.7 Å². The van der Waals surface area contributed by atoms with Gasteiger partial charge in [0.1, 0.15) is 17.7 Å². The second kappa shape index (κ2) is 9.53. The van der Waals surface area contributed by atoms with Crippen molar-refractivity contribution in [2.75, 3.05) is 32.8 Å². The van der Waals surface area contributed by atoms with Crippen LogP contribution in [0.5, 0.6) is 5.75 Å². The fraction of sp³-hybridized carbons (Fsp3) is 0.500. The molecule has 0 bridgehead atoms. The topological polar surface area (TPSA) is 108 Å². The van der Waals surface area contributed by atoms with Gasteiger partial charge in [0.15, 0.2) is 0 Å². The quantitative estimate of drug-likeness (QED) is 0.535. The lowest BCUT2D eigenvalue weighted by Crippen LogP contribution is -2.51. The number of rotatable bonds is 3. The van der Waals surface area contributed by atoms with Gasteiger partial charge < -0.3 is 19.3 Å². The number of fused-ring (bicyclic) bond motifs is 3. The van der Waals surface area contributed by atoms with Crippen LogP contribution >= 0.6 is 0 Å². The normalized spacial score (nSPS) is 15.6. The molecule has 11 heteroatoms. The smallest absolute Gasteiger partial charge is 0.410 e. The number of hydrogen-bond acceptors (Lipinski definition) is 7. The van der Waals surface area contributed by atoms with Crippen molar-refractivity contribution in [1.29, 1.82) is 0 Å². The van der Waals surface area contributed by atoms with Gasteiger partial charge >= 0.3 is 6.09 Å². The molecule has 0 unspecified atom stereocenters. The van der Waals surface area contributed by atoms with Crippen molar-refractivity contribution >= 4 is 12.0 Å². The molecule has 2 aromatic heterocycles. The molecule has 0 atom stereocenters. The van der Waals surface area contributed by atoms with E-state index < -0.39 is 5.60 Å². The van der Waals surface area contributed by atoms with Gasteiger partial charge in [0.2, 0.25) is 5.95 Å². The number of nitrogens with zero attached hydrogens (tertiary/aromatic N) is 7. The van der Waals surface area contributed by atoms with Gasteiger partial charge in [-0.15, -0.1) is 0 Å². The Morgan fingerprint density at radius 2 is 1.81 bits per heavy atom. The maximum absolute atomic E-state index is 13.4. The van der Waals surface area contributed by atoms with Crippen LogP contribution in [0.25, 0.3) is 17.2 Å². The van der Waals surface area contributed by atoms with Gasteiger partial charge in [0.25, 0.3) is 5.91 Å². The summed E-state index contributed by atoms with van der Waals surface area (Å²) in [6.45, 7) is 11.9.